The Labute approximate surface area is 132 Å². The number of amides is 1. The van der Waals surface area contributed by atoms with Gasteiger partial charge in [0, 0.05) is 12.6 Å². The van der Waals surface area contributed by atoms with E-state index in [2.05, 4.69) is 42.7 Å². The summed E-state index contributed by atoms with van der Waals surface area (Å²) in [6.45, 7) is 6.71. The van der Waals surface area contributed by atoms with Crippen molar-refractivity contribution in [1.82, 2.24) is 10.6 Å². The zero-order valence-corrected chi connectivity index (χ0v) is 13.7. The van der Waals surface area contributed by atoms with Crippen molar-refractivity contribution in [3.63, 3.8) is 0 Å². The quantitative estimate of drug-likeness (QED) is 0.789. The lowest BCUT2D eigenvalue weighted by molar-refractivity contribution is -0.123. The van der Waals surface area contributed by atoms with Gasteiger partial charge in [-0.05, 0) is 44.7 Å². The maximum atomic E-state index is 12.0. The first kappa shape index (κ1) is 18.0. The van der Waals surface area contributed by atoms with Crippen LogP contribution in [0.2, 0.25) is 0 Å². The van der Waals surface area contributed by atoms with Gasteiger partial charge in [-0.1, -0.05) is 23.8 Å². The van der Waals surface area contributed by atoms with Crippen LogP contribution in [-0.2, 0) is 11.2 Å². The first-order valence-electron chi connectivity index (χ1n) is 7.23. The molecule has 0 aliphatic carbocycles. The number of halogens is 1. The van der Waals surface area contributed by atoms with E-state index in [-0.39, 0.29) is 30.4 Å². The third-order valence-corrected chi connectivity index (χ3v) is 3.84. The Balaban J connectivity index is 0.00000220. The molecule has 1 aromatic rings. The highest BCUT2D eigenvalue weighted by Gasteiger charge is 2.28. The normalized spacial score (nSPS) is 22.5. The van der Waals surface area contributed by atoms with Gasteiger partial charge in [0.15, 0.2) is 0 Å². The molecule has 0 spiro atoms. The van der Waals surface area contributed by atoms with Crippen LogP contribution < -0.4 is 10.6 Å². The van der Waals surface area contributed by atoms with Gasteiger partial charge >= 0.3 is 0 Å². The van der Waals surface area contributed by atoms with E-state index in [9.17, 15) is 9.90 Å². The van der Waals surface area contributed by atoms with E-state index in [0.717, 1.165) is 6.42 Å². The van der Waals surface area contributed by atoms with Crippen molar-refractivity contribution < 1.29 is 9.90 Å². The standard InChI is InChI=1S/C16H24N2O2.ClH/c1-10-4-5-13(11(2)6-10)7-12(3)18-16(20)15-8-14(19)9-17-15;/h4-6,12,14-15,17,19H,7-9H2,1-3H3,(H,18,20);1H. The lowest BCUT2D eigenvalue weighted by Crippen LogP contribution is -2.44. The Kier molecular flexibility index (Phi) is 6.65. The molecule has 3 N–H and O–H groups in total. The summed E-state index contributed by atoms with van der Waals surface area (Å²) in [6, 6.07) is 6.23. The molecule has 3 unspecified atom stereocenters. The third kappa shape index (κ3) is 4.99. The maximum absolute atomic E-state index is 12.0. The fourth-order valence-electron chi connectivity index (χ4n) is 2.72. The van der Waals surface area contributed by atoms with Crippen LogP contribution >= 0.6 is 12.4 Å². The zero-order chi connectivity index (χ0) is 14.7. The largest absolute Gasteiger partial charge is 0.392 e. The molecular weight excluding hydrogens is 288 g/mol. The molecule has 4 nitrogen and oxygen atoms in total. The highest BCUT2D eigenvalue weighted by molar-refractivity contribution is 5.85. The Morgan fingerprint density at radius 2 is 2.19 bits per heavy atom. The Bertz CT molecular complexity index is 493. The average molecular weight is 313 g/mol. The number of aryl methyl sites for hydroxylation is 2. The summed E-state index contributed by atoms with van der Waals surface area (Å²) < 4.78 is 0. The molecule has 0 bridgehead atoms. The predicted octanol–water partition coefficient (Wildman–Crippen LogP) is 1.50. The molecule has 1 aliphatic rings. The monoisotopic (exact) mass is 312 g/mol. The van der Waals surface area contributed by atoms with Crippen molar-refractivity contribution in [3.05, 3.63) is 34.9 Å². The minimum Gasteiger partial charge on any atom is -0.392 e. The summed E-state index contributed by atoms with van der Waals surface area (Å²) in [5.74, 6) is -0.0150. The Hall–Kier alpha value is -1.10. The number of β-amino-alcohol motifs (C(OH)–C–C–N with tert-alkyl or cyclic N) is 1. The summed E-state index contributed by atoms with van der Waals surface area (Å²) in [6.07, 6.45) is 0.926. The van der Waals surface area contributed by atoms with Gasteiger partial charge in [0.25, 0.3) is 0 Å². The minimum atomic E-state index is -0.402. The molecule has 0 saturated carbocycles. The number of carbonyl (C=O) groups excluding carboxylic acids is 1. The number of hydrogen-bond donors (Lipinski definition) is 3. The highest BCUT2D eigenvalue weighted by atomic mass is 35.5. The summed E-state index contributed by atoms with van der Waals surface area (Å²) in [5.41, 5.74) is 3.79. The molecule has 1 saturated heterocycles. The number of aliphatic hydroxyl groups excluding tert-OH is 1. The van der Waals surface area contributed by atoms with Gasteiger partial charge in [-0.25, -0.2) is 0 Å². The molecule has 5 heteroatoms. The van der Waals surface area contributed by atoms with Crippen LogP contribution in [0, 0.1) is 13.8 Å². The van der Waals surface area contributed by atoms with E-state index < -0.39 is 6.10 Å². The number of nitrogens with one attached hydrogen (secondary N) is 2. The molecule has 0 aromatic heterocycles. The van der Waals surface area contributed by atoms with Crippen LogP contribution in [0.15, 0.2) is 18.2 Å². The van der Waals surface area contributed by atoms with Gasteiger partial charge in [0.05, 0.1) is 12.1 Å². The second kappa shape index (κ2) is 7.78. The van der Waals surface area contributed by atoms with Gasteiger partial charge in [-0.2, -0.15) is 0 Å². The predicted molar refractivity (Wildman–Crippen MR) is 86.9 cm³/mol. The Morgan fingerprint density at radius 3 is 2.76 bits per heavy atom. The highest BCUT2D eigenvalue weighted by Crippen LogP contribution is 2.13. The van der Waals surface area contributed by atoms with Crippen LogP contribution in [0.1, 0.15) is 30.0 Å². The van der Waals surface area contributed by atoms with Crippen LogP contribution in [0.3, 0.4) is 0 Å². The van der Waals surface area contributed by atoms with Crippen molar-refractivity contribution in [1.29, 1.82) is 0 Å². The van der Waals surface area contributed by atoms with Crippen molar-refractivity contribution in [2.45, 2.75) is 51.8 Å². The number of aliphatic hydroxyl groups is 1. The van der Waals surface area contributed by atoms with Gasteiger partial charge < -0.3 is 15.7 Å². The van der Waals surface area contributed by atoms with Gasteiger partial charge in [-0.15, -0.1) is 12.4 Å². The first-order valence-corrected chi connectivity index (χ1v) is 7.23. The minimum absolute atomic E-state index is 0. The molecule has 1 fully saturated rings. The zero-order valence-electron chi connectivity index (χ0n) is 12.8. The molecule has 0 radical (unpaired) electrons. The number of hydrogen-bond acceptors (Lipinski definition) is 3. The molecule has 3 atom stereocenters. The van der Waals surface area contributed by atoms with Gasteiger partial charge in [0.2, 0.25) is 5.91 Å². The molecule has 21 heavy (non-hydrogen) atoms. The van der Waals surface area contributed by atoms with Crippen molar-refractivity contribution >= 4 is 18.3 Å². The fraction of sp³-hybridized carbons (Fsp3) is 0.562. The van der Waals surface area contributed by atoms with E-state index in [1.54, 1.807) is 0 Å². The second-order valence-corrected chi connectivity index (χ2v) is 5.89. The summed E-state index contributed by atoms with van der Waals surface area (Å²) in [5, 5.41) is 15.5. The molecule has 1 amide bonds. The summed E-state index contributed by atoms with van der Waals surface area (Å²) >= 11 is 0. The van der Waals surface area contributed by atoms with E-state index in [0.29, 0.717) is 13.0 Å². The molecule has 1 aromatic carbocycles. The van der Waals surface area contributed by atoms with Crippen LogP contribution in [-0.4, -0.2) is 35.7 Å². The average Bonchev–Trinajstić information content (AvgIpc) is 2.79. The lowest BCUT2D eigenvalue weighted by atomic mass is 10.00. The van der Waals surface area contributed by atoms with E-state index in [1.807, 2.05) is 6.92 Å². The van der Waals surface area contributed by atoms with E-state index in [1.165, 1.54) is 16.7 Å². The lowest BCUT2D eigenvalue weighted by Gasteiger charge is -2.18. The van der Waals surface area contributed by atoms with Crippen molar-refractivity contribution in [2.75, 3.05) is 6.54 Å². The smallest absolute Gasteiger partial charge is 0.237 e. The van der Waals surface area contributed by atoms with Crippen molar-refractivity contribution in [3.8, 4) is 0 Å². The third-order valence-electron chi connectivity index (χ3n) is 3.84. The second-order valence-electron chi connectivity index (χ2n) is 5.89. The van der Waals surface area contributed by atoms with Crippen LogP contribution in [0.4, 0.5) is 0 Å². The van der Waals surface area contributed by atoms with Crippen molar-refractivity contribution in [2.24, 2.45) is 0 Å². The Morgan fingerprint density at radius 1 is 1.48 bits per heavy atom. The molecule has 1 aliphatic heterocycles. The SMILES string of the molecule is Cc1ccc(CC(C)NC(=O)C2CC(O)CN2)c(C)c1.Cl. The molecule has 2 rings (SSSR count). The fourth-order valence-corrected chi connectivity index (χ4v) is 2.72. The van der Waals surface area contributed by atoms with E-state index >= 15 is 0 Å². The van der Waals surface area contributed by atoms with Gasteiger partial charge in [0.1, 0.15) is 0 Å². The molecular formula is C16H25ClN2O2. The maximum Gasteiger partial charge on any atom is 0.237 e. The molecule has 1 heterocycles. The van der Waals surface area contributed by atoms with E-state index in [4.69, 9.17) is 0 Å². The number of carbonyl (C=O) groups is 1. The van der Waals surface area contributed by atoms with Crippen LogP contribution in [0.5, 0.6) is 0 Å². The first-order chi connectivity index (χ1) is 9.45. The topological polar surface area (TPSA) is 61.4 Å². The van der Waals surface area contributed by atoms with Gasteiger partial charge in [-0.3, -0.25) is 4.79 Å². The number of benzene rings is 1. The van der Waals surface area contributed by atoms with Crippen LogP contribution in [0.25, 0.3) is 0 Å². The summed E-state index contributed by atoms with van der Waals surface area (Å²) in [4.78, 5) is 12.0. The molecule has 118 valence electrons. The number of rotatable bonds is 4. The summed E-state index contributed by atoms with van der Waals surface area (Å²) in [7, 11) is 0.